The van der Waals surface area contributed by atoms with Gasteiger partial charge >= 0.3 is 0 Å². The van der Waals surface area contributed by atoms with E-state index in [-0.39, 0.29) is 5.38 Å². The standard InChI is InChI=1S/C12H16ClN3S/c1-3-9-5-6-10(17-9)7-16-8-12(14-15-16)11(13)4-2/h5-6,8,11H,3-4,7H2,1-2H3. The molecule has 92 valence electrons. The van der Waals surface area contributed by atoms with Gasteiger partial charge < -0.3 is 0 Å². The summed E-state index contributed by atoms with van der Waals surface area (Å²) in [7, 11) is 0. The summed E-state index contributed by atoms with van der Waals surface area (Å²) in [6.07, 6.45) is 3.90. The van der Waals surface area contributed by atoms with Crippen LogP contribution in [0.25, 0.3) is 0 Å². The molecule has 0 radical (unpaired) electrons. The van der Waals surface area contributed by atoms with Gasteiger partial charge in [-0.2, -0.15) is 0 Å². The first-order valence-corrected chi connectivity index (χ1v) is 7.10. The van der Waals surface area contributed by atoms with Gasteiger partial charge in [-0.3, -0.25) is 0 Å². The highest BCUT2D eigenvalue weighted by atomic mass is 35.5. The van der Waals surface area contributed by atoms with Gasteiger partial charge in [0.15, 0.2) is 0 Å². The molecule has 0 saturated carbocycles. The minimum atomic E-state index is -0.0294. The lowest BCUT2D eigenvalue weighted by atomic mass is 10.3. The number of alkyl halides is 1. The van der Waals surface area contributed by atoms with E-state index in [4.69, 9.17) is 11.6 Å². The Morgan fingerprint density at radius 2 is 2.12 bits per heavy atom. The molecule has 0 amide bonds. The van der Waals surface area contributed by atoms with Gasteiger partial charge in [0.2, 0.25) is 0 Å². The molecule has 2 aromatic heterocycles. The van der Waals surface area contributed by atoms with Crippen LogP contribution in [0.15, 0.2) is 18.3 Å². The third kappa shape index (κ3) is 3.07. The van der Waals surface area contributed by atoms with E-state index in [0.29, 0.717) is 0 Å². The maximum absolute atomic E-state index is 6.12. The van der Waals surface area contributed by atoms with Crippen LogP contribution in [0, 0.1) is 0 Å². The third-order valence-corrected chi connectivity index (χ3v) is 4.37. The molecule has 2 aromatic rings. The van der Waals surface area contributed by atoms with Crippen molar-refractivity contribution in [3.63, 3.8) is 0 Å². The summed E-state index contributed by atoms with van der Waals surface area (Å²) in [4.78, 5) is 2.71. The number of aromatic nitrogens is 3. The molecule has 1 atom stereocenters. The van der Waals surface area contributed by atoms with E-state index in [2.05, 4.69) is 29.4 Å². The van der Waals surface area contributed by atoms with Crippen molar-refractivity contribution in [2.75, 3.05) is 0 Å². The van der Waals surface area contributed by atoms with Crippen LogP contribution in [-0.4, -0.2) is 15.0 Å². The fourth-order valence-corrected chi connectivity index (χ4v) is 2.65. The maximum atomic E-state index is 6.12. The van der Waals surface area contributed by atoms with Gasteiger partial charge in [0.1, 0.15) is 5.69 Å². The minimum Gasteiger partial charge on any atom is -0.247 e. The Kier molecular flexibility index (Phi) is 4.18. The zero-order chi connectivity index (χ0) is 12.3. The number of halogens is 1. The molecular formula is C12H16ClN3S. The maximum Gasteiger partial charge on any atom is 0.101 e. The Morgan fingerprint density at radius 1 is 1.35 bits per heavy atom. The highest BCUT2D eigenvalue weighted by molar-refractivity contribution is 7.11. The van der Waals surface area contributed by atoms with E-state index in [0.717, 1.165) is 25.1 Å². The smallest absolute Gasteiger partial charge is 0.101 e. The van der Waals surface area contributed by atoms with Crippen LogP contribution in [0.3, 0.4) is 0 Å². The fourth-order valence-electron chi connectivity index (χ4n) is 1.60. The van der Waals surface area contributed by atoms with Crippen molar-refractivity contribution in [3.8, 4) is 0 Å². The Hall–Kier alpha value is -0.870. The van der Waals surface area contributed by atoms with Gasteiger partial charge in [0.25, 0.3) is 0 Å². The first-order chi connectivity index (χ1) is 8.22. The second-order valence-corrected chi connectivity index (χ2v) is 5.72. The van der Waals surface area contributed by atoms with Crippen LogP contribution in [0.5, 0.6) is 0 Å². The predicted octanol–water partition coefficient (Wildman–Crippen LogP) is 3.64. The van der Waals surface area contributed by atoms with E-state index in [1.807, 2.05) is 29.1 Å². The first kappa shape index (κ1) is 12.6. The molecule has 0 fully saturated rings. The lowest BCUT2D eigenvalue weighted by molar-refractivity contribution is 0.655. The van der Waals surface area contributed by atoms with Crippen LogP contribution in [-0.2, 0) is 13.0 Å². The number of hydrogen-bond acceptors (Lipinski definition) is 3. The highest BCUT2D eigenvalue weighted by Crippen LogP contribution is 2.22. The molecule has 0 bridgehead atoms. The molecule has 3 nitrogen and oxygen atoms in total. The van der Waals surface area contributed by atoms with Gasteiger partial charge in [-0.1, -0.05) is 19.1 Å². The van der Waals surface area contributed by atoms with Gasteiger partial charge in [0.05, 0.1) is 18.1 Å². The Balaban J connectivity index is 2.06. The topological polar surface area (TPSA) is 30.7 Å². The van der Waals surface area contributed by atoms with Crippen molar-refractivity contribution in [1.29, 1.82) is 0 Å². The molecule has 0 aromatic carbocycles. The zero-order valence-electron chi connectivity index (χ0n) is 10.1. The highest BCUT2D eigenvalue weighted by Gasteiger charge is 2.10. The zero-order valence-corrected chi connectivity index (χ0v) is 11.6. The van der Waals surface area contributed by atoms with Gasteiger partial charge in [-0.15, -0.1) is 28.0 Å². The third-order valence-electron chi connectivity index (χ3n) is 2.62. The molecule has 1 unspecified atom stereocenters. The number of hydrogen-bond donors (Lipinski definition) is 0. The monoisotopic (exact) mass is 269 g/mol. The Bertz CT molecular complexity index is 478. The van der Waals surface area contributed by atoms with E-state index < -0.39 is 0 Å². The molecule has 0 aliphatic rings. The molecule has 0 spiro atoms. The molecule has 0 saturated heterocycles. The molecule has 5 heteroatoms. The summed E-state index contributed by atoms with van der Waals surface area (Å²) in [5, 5.41) is 8.17. The predicted molar refractivity (Wildman–Crippen MR) is 71.7 cm³/mol. The van der Waals surface area contributed by atoms with Gasteiger partial charge in [-0.25, -0.2) is 4.68 Å². The number of rotatable bonds is 5. The molecule has 2 heterocycles. The quantitative estimate of drug-likeness (QED) is 0.776. The summed E-state index contributed by atoms with van der Waals surface area (Å²) in [5.41, 5.74) is 0.862. The molecule has 0 aliphatic heterocycles. The van der Waals surface area contributed by atoms with Gasteiger partial charge in [-0.05, 0) is 25.0 Å². The average molecular weight is 270 g/mol. The van der Waals surface area contributed by atoms with Crippen LogP contribution in [0.1, 0.15) is 41.1 Å². The van der Waals surface area contributed by atoms with Gasteiger partial charge in [0, 0.05) is 9.75 Å². The summed E-state index contributed by atoms with van der Waals surface area (Å²) in [6.45, 7) is 5.00. The van der Waals surface area contributed by atoms with Crippen LogP contribution < -0.4 is 0 Å². The van der Waals surface area contributed by atoms with Crippen molar-refractivity contribution in [2.24, 2.45) is 0 Å². The Morgan fingerprint density at radius 3 is 2.76 bits per heavy atom. The van der Waals surface area contributed by atoms with E-state index in [1.54, 1.807) is 0 Å². The molecule has 0 N–H and O–H groups in total. The molecule has 2 rings (SSSR count). The lowest BCUT2D eigenvalue weighted by Gasteiger charge is -1.99. The SMILES string of the molecule is CCc1ccc(Cn2cc(C(Cl)CC)nn2)s1. The van der Waals surface area contributed by atoms with Crippen molar-refractivity contribution in [2.45, 2.75) is 38.6 Å². The van der Waals surface area contributed by atoms with Crippen molar-refractivity contribution in [3.05, 3.63) is 33.8 Å². The first-order valence-electron chi connectivity index (χ1n) is 5.84. The number of nitrogens with zero attached hydrogens (tertiary/aromatic N) is 3. The lowest BCUT2D eigenvalue weighted by Crippen LogP contribution is -1.98. The van der Waals surface area contributed by atoms with E-state index in [1.165, 1.54) is 9.75 Å². The molecular weight excluding hydrogens is 254 g/mol. The molecule has 17 heavy (non-hydrogen) atoms. The van der Waals surface area contributed by atoms with Crippen molar-refractivity contribution >= 4 is 22.9 Å². The fraction of sp³-hybridized carbons (Fsp3) is 0.500. The number of thiophene rings is 1. The number of aryl methyl sites for hydroxylation is 1. The van der Waals surface area contributed by atoms with Crippen LogP contribution in [0.2, 0.25) is 0 Å². The Labute approximate surface area is 110 Å². The summed E-state index contributed by atoms with van der Waals surface area (Å²) in [5.74, 6) is 0. The summed E-state index contributed by atoms with van der Waals surface area (Å²) < 4.78 is 1.85. The van der Waals surface area contributed by atoms with Crippen LogP contribution in [0.4, 0.5) is 0 Å². The second kappa shape index (κ2) is 5.65. The van der Waals surface area contributed by atoms with Crippen molar-refractivity contribution in [1.82, 2.24) is 15.0 Å². The summed E-state index contributed by atoms with van der Waals surface area (Å²) >= 11 is 7.95. The summed E-state index contributed by atoms with van der Waals surface area (Å²) in [6, 6.07) is 4.33. The van der Waals surface area contributed by atoms with Crippen molar-refractivity contribution < 1.29 is 0 Å². The largest absolute Gasteiger partial charge is 0.247 e. The normalized spacial score (nSPS) is 12.9. The van der Waals surface area contributed by atoms with E-state index >= 15 is 0 Å². The average Bonchev–Trinajstić information content (AvgIpc) is 2.97. The van der Waals surface area contributed by atoms with Crippen LogP contribution >= 0.6 is 22.9 Å². The van der Waals surface area contributed by atoms with E-state index in [9.17, 15) is 0 Å². The molecule has 0 aliphatic carbocycles. The minimum absolute atomic E-state index is 0.0294. The second-order valence-electron chi connectivity index (χ2n) is 3.94.